The zero-order chi connectivity index (χ0) is 13.3. The highest BCUT2D eigenvalue weighted by molar-refractivity contribution is 5.73. The zero-order valence-electron chi connectivity index (χ0n) is 11.8. The van der Waals surface area contributed by atoms with Crippen LogP contribution in [0.1, 0.15) is 51.9 Å². The molecular formula is C15H24O4. The van der Waals surface area contributed by atoms with Crippen LogP contribution in [0.3, 0.4) is 0 Å². The van der Waals surface area contributed by atoms with Gasteiger partial charge in [-0.2, -0.15) is 0 Å². The minimum absolute atomic E-state index is 0.0510. The predicted octanol–water partition coefficient (Wildman–Crippen LogP) is 2.45. The first kappa shape index (κ1) is 13.4. The van der Waals surface area contributed by atoms with E-state index < -0.39 is 0 Å². The van der Waals surface area contributed by atoms with Gasteiger partial charge in [-0.05, 0) is 45.4 Å². The molecule has 2 atom stereocenters. The molecule has 0 amide bonds. The molecule has 2 saturated heterocycles. The maximum Gasteiger partial charge on any atom is 0.309 e. The van der Waals surface area contributed by atoms with Crippen molar-refractivity contribution in [3.63, 3.8) is 0 Å². The van der Waals surface area contributed by atoms with Gasteiger partial charge in [-0.3, -0.25) is 4.79 Å². The van der Waals surface area contributed by atoms with Gasteiger partial charge in [0.05, 0.1) is 23.7 Å². The molecule has 0 radical (unpaired) electrons. The smallest absolute Gasteiger partial charge is 0.309 e. The zero-order valence-corrected chi connectivity index (χ0v) is 11.8. The SMILES string of the molecule is CCOC(=O)C1C[C@]2(CCCO2)C[C@@]2(CCCO2)C1. The summed E-state index contributed by atoms with van der Waals surface area (Å²) in [6.45, 7) is 3.97. The Morgan fingerprint density at radius 1 is 1.16 bits per heavy atom. The van der Waals surface area contributed by atoms with Crippen LogP contribution in [0.4, 0.5) is 0 Å². The molecule has 0 aromatic rings. The first-order chi connectivity index (χ1) is 9.17. The summed E-state index contributed by atoms with van der Waals surface area (Å²) < 4.78 is 17.3. The Bertz CT molecular complexity index is 316. The van der Waals surface area contributed by atoms with E-state index in [1.165, 1.54) is 0 Å². The molecule has 0 bridgehead atoms. The number of esters is 1. The van der Waals surface area contributed by atoms with Gasteiger partial charge in [0, 0.05) is 19.6 Å². The van der Waals surface area contributed by atoms with E-state index in [1.54, 1.807) is 0 Å². The minimum atomic E-state index is -0.125. The van der Waals surface area contributed by atoms with Gasteiger partial charge in [0.15, 0.2) is 0 Å². The van der Waals surface area contributed by atoms with E-state index in [0.717, 1.165) is 58.2 Å². The molecular weight excluding hydrogens is 244 g/mol. The lowest BCUT2D eigenvalue weighted by molar-refractivity contribution is -0.169. The van der Waals surface area contributed by atoms with E-state index in [4.69, 9.17) is 14.2 Å². The summed E-state index contributed by atoms with van der Waals surface area (Å²) in [5.41, 5.74) is -0.250. The summed E-state index contributed by atoms with van der Waals surface area (Å²) in [7, 11) is 0. The lowest BCUT2D eigenvalue weighted by atomic mass is 9.68. The van der Waals surface area contributed by atoms with Gasteiger partial charge >= 0.3 is 5.97 Å². The van der Waals surface area contributed by atoms with Gasteiger partial charge < -0.3 is 14.2 Å². The van der Waals surface area contributed by atoms with Gasteiger partial charge in [-0.1, -0.05) is 0 Å². The second-order valence-electron chi connectivity index (χ2n) is 6.30. The van der Waals surface area contributed by atoms with Gasteiger partial charge in [0.1, 0.15) is 0 Å². The molecule has 3 fully saturated rings. The third-order valence-electron chi connectivity index (χ3n) is 4.87. The highest BCUT2D eigenvalue weighted by Crippen LogP contribution is 2.51. The summed E-state index contributed by atoms with van der Waals surface area (Å²) in [5.74, 6) is -0.114. The Balaban J connectivity index is 1.79. The quantitative estimate of drug-likeness (QED) is 0.722. The molecule has 0 aromatic heterocycles. The minimum Gasteiger partial charge on any atom is -0.466 e. The fourth-order valence-electron chi connectivity index (χ4n) is 4.24. The lowest BCUT2D eigenvalue weighted by Gasteiger charge is -2.46. The molecule has 0 N–H and O–H groups in total. The first-order valence-corrected chi connectivity index (χ1v) is 7.62. The van der Waals surface area contributed by atoms with Crippen molar-refractivity contribution in [2.75, 3.05) is 19.8 Å². The molecule has 0 unspecified atom stereocenters. The summed E-state index contributed by atoms with van der Waals surface area (Å²) >= 11 is 0. The van der Waals surface area contributed by atoms with Crippen LogP contribution in [0.15, 0.2) is 0 Å². The van der Waals surface area contributed by atoms with Crippen molar-refractivity contribution in [1.29, 1.82) is 0 Å². The fourth-order valence-corrected chi connectivity index (χ4v) is 4.24. The molecule has 0 aromatic carbocycles. The van der Waals surface area contributed by atoms with Crippen LogP contribution in [-0.4, -0.2) is 37.0 Å². The van der Waals surface area contributed by atoms with E-state index in [0.29, 0.717) is 6.61 Å². The maximum absolute atomic E-state index is 12.1. The van der Waals surface area contributed by atoms with E-state index in [2.05, 4.69) is 0 Å². The normalized spacial score (nSPS) is 42.1. The Morgan fingerprint density at radius 2 is 1.74 bits per heavy atom. The van der Waals surface area contributed by atoms with Crippen LogP contribution >= 0.6 is 0 Å². The third kappa shape index (κ3) is 2.52. The molecule has 108 valence electrons. The van der Waals surface area contributed by atoms with Crippen LogP contribution in [0, 0.1) is 5.92 Å². The van der Waals surface area contributed by atoms with Crippen molar-refractivity contribution < 1.29 is 19.0 Å². The molecule has 3 rings (SSSR count). The maximum atomic E-state index is 12.1. The van der Waals surface area contributed by atoms with Crippen LogP contribution < -0.4 is 0 Å². The summed E-state index contributed by atoms with van der Waals surface area (Å²) in [6.07, 6.45) is 6.93. The Kier molecular flexibility index (Phi) is 3.56. The third-order valence-corrected chi connectivity index (χ3v) is 4.87. The number of hydrogen-bond donors (Lipinski definition) is 0. The van der Waals surface area contributed by atoms with Crippen molar-refractivity contribution in [2.45, 2.75) is 63.1 Å². The van der Waals surface area contributed by atoms with E-state index >= 15 is 0 Å². The van der Waals surface area contributed by atoms with E-state index in [9.17, 15) is 4.79 Å². The van der Waals surface area contributed by atoms with Crippen LogP contribution in [0.5, 0.6) is 0 Å². The van der Waals surface area contributed by atoms with Crippen LogP contribution in [0.25, 0.3) is 0 Å². The molecule has 1 aliphatic carbocycles. The second-order valence-corrected chi connectivity index (χ2v) is 6.30. The standard InChI is InChI=1S/C15H24O4/c1-2-17-13(16)12-9-14(5-3-7-18-14)11-15(10-12)6-4-8-19-15/h12H,2-11H2,1H3/t14-,15-/m1/s1. The van der Waals surface area contributed by atoms with Gasteiger partial charge in [-0.15, -0.1) is 0 Å². The summed E-state index contributed by atoms with van der Waals surface area (Å²) in [5, 5.41) is 0. The van der Waals surface area contributed by atoms with Crippen molar-refractivity contribution in [1.82, 2.24) is 0 Å². The molecule has 4 heteroatoms. The highest BCUT2D eigenvalue weighted by Gasteiger charge is 2.54. The van der Waals surface area contributed by atoms with Crippen molar-refractivity contribution in [2.24, 2.45) is 5.92 Å². The number of rotatable bonds is 2. The molecule has 2 aliphatic heterocycles. The monoisotopic (exact) mass is 268 g/mol. The van der Waals surface area contributed by atoms with Crippen molar-refractivity contribution in [3.8, 4) is 0 Å². The van der Waals surface area contributed by atoms with Crippen molar-refractivity contribution >= 4 is 5.97 Å². The van der Waals surface area contributed by atoms with Gasteiger partial charge in [0.25, 0.3) is 0 Å². The number of hydrogen-bond acceptors (Lipinski definition) is 4. The first-order valence-electron chi connectivity index (χ1n) is 7.62. The molecule has 19 heavy (non-hydrogen) atoms. The van der Waals surface area contributed by atoms with Crippen LogP contribution in [-0.2, 0) is 19.0 Å². The molecule has 4 nitrogen and oxygen atoms in total. The van der Waals surface area contributed by atoms with Crippen molar-refractivity contribution in [3.05, 3.63) is 0 Å². The average molecular weight is 268 g/mol. The summed E-state index contributed by atoms with van der Waals surface area (Å²) in [4.78, 5) is 12.1. The Morgan fingerprint density at radius 3 is 2.16 bits per heavy atom. The van der Waals surface area contributed by atoms with Gasteiger partial charge in [-0.25, -0.2) is 0 Å². The number of carbonyl (C=O) groups excluding carboxylic acids is 1. The highest BCUT2D eigenvalue weighted by atomic mass is 16.5. The number of carbonyl (C=O) groups is 1. The summed E-state index contributed by atoms with van der Waals surface area (Å²) in [6, 6.07) is 0. The largest absolute Gasteiger partial charge is 0.466 e. The molecule has 3 aliphatic rings. The Labute approximate surface area is 114 Å². The molecule has 2 heterocycles. The fraction of sp³-hybridized carbons (Fsp3) is 0.933. The van der Waals surface area contributed by atoms with Gasteiger partial charge in [0.2, 0.25) is 0 Å². The molecule has 2 spiro atoms. The number of ether oxygens (including phenoxy) is 3. The van der Waals surface area contributed by atoms with E-state index in [1.807, 2.05) is 6.92 Å². The Hall–Kier alpha value is -0.610. The second kappa shape index (κ2) is 5.06. The lowest BCUT2D eigenvalue weighted by Crippen LogP contribution is -2.50. The van der Waals surface area contributed by atoms with Crippen LogP contribution in [0.2, 0.25) is 0 Å². The predicted molar refractivity (Wildman–Crippen MR) is 69.8 cm³/mol. The van der Waals surface area contributed by atoms with E-state index in [-0.39, 0.29) is 23.1 Å². The average Bonchev–Trinajstić information content (AvgIpc) is 3.00. The topological polar surface area (TPSA) is 44.8 Å². The molecule has 1 saturated carbocycles.